The van der Waals surface area contributed by atoms with Gasteiger partial charge in [0.15, 0.2) is 0 Å². The second-order valence-corrected chi connectivity index (χ2v) is 4.98. The zero-order valence-electron chi connectivity index (χ0n) is 9.70. The van der Waals surface area contributed by atoms with Crippen molar-refractivity contribution in [2.75, 3.05) is 12.8 Å². The average Bonchev–Trinajstić information content (AvgIpc) is 2.53. The van der Waals surface area contributed by atoms with Gasteiger partial charge in [-0.3, -0.25) is 0 Å². The number of aryl methyl sites for hydroxylation is 1. The van der Waals surface area contributed by atoms with E-state index in [1.807, 2.05) is 24.3 Å². The van der Waals surface area contributed by atoms with Crippen molar-refractivity contribution in [2.45, 2.75) is 13.8 Å². The van der Waals surface area contributed by atoms with Gasteiger partial charge < -0.3 is 10.5 Å². The van der Waals surface area contributed by atoms with E-state index in [1.54, 1.807) is 18.4 Å². The highest BCUT2D eigenvalue weighted by atomic mass is 32.1. The molecule has 0 spiro atoms. The summed E-state index contributed by atoms with van der Waals surface area (Å²) in [7, 11) is 1.68. The predicted octanol–water partition coefficient (Wildman–Crippen LogP) is 3.62. The summed E-state index contributed by atoms with van der Waals surface area (Å²) in [6, 6.07) is 7.97. The van der Waals surface area contributed by atoms with E-state index >= 15 is 0 Å². The molecule has 0 aliphatic heterocycles. The van der Waals surface area contributed by atoms with Crippen molar-refractivity contribution in [1.82, 2.24) is 0 Å². The third-order valence-corrected chi connectivity index (χ3v) is 3.83. The summed E-state index contributed by atoms with van der Waals surface area (Å²) >= 11 is 1.63. The molecule has 3 heteroatoms. The molecule has 0 fully saturated rings. The Morgan fingerprint density at radius 1 is 1.19 bits per heavy atom. The number of anilines is 1. The summed E-state index contributed by atoms with van der Waals surface area (Å²) in [4.78, 5) is 1.26. The van der Waals surface area contributed by atoms with E-state index in [0.717, 1.165) is 21.9 Å². The van der Waals surface area contributed by atoms with Crippen LogP contribution in [0.3, 0.4) is 0 Å². The van der Waals surface area contributed by atoms with Gasteiger partial charge in [0.05, 0.1) is 12.1 Å². The highest BCUT2D eigenvalue weighted by Crippen LogP contribution is 2.41. The van der Waals surface area contributed by atoms with Gasteiger partial charge in [0.2, 0.25) is 0 Å². The van der Waals surface area contributed by atoms with Crippen LogP contribution in [0.1, 0.15) is 10.4 Å². The quantitative estimate of drug-likeness (QED) is 0.859. The molecule has 0 aliphatic carbocycles. The zero-order valence-corrected chi connectivity index (χ0v) is 10.5. The number of ether oxygens (including phenoxy) is 1. The van der Waals surface area contributed by atoms with Crippen molar-refractivity contribution in [3.8, 4) is 16.9 Å². The summed E-state index contributed by atoms with van der Waals surface area (Å²) in [5.74, 6) is 0.870. The van der Waals surface area contributed by atoms with Crippen LogP contribution in [0.25, 0.3) is 11.1 Å². The summed E-state index contributed by atoms with van der Waals surface area (Å²) < 4.78 is 5.37. The average molecular weight is 233 g/mol. The Kier molecular flexibility index (Phi) is 2.88. The number of hydrogen-bond donors (Lipinski definition) is 1. The SMILES string of the molecule is COc1ccccc1-c1c(N)sc(C)c1C. The molecule has 2 nitrogen and oxygen atoms in total. The van der Waals surface area contributed by atoms with Crippen LogP contribution in [0, 0.1) is 13.8 Å². The van der Waals surface area contributed by atoms with Gasteiger partial charge in [0.1, 0.15) is 5.75 Å². The number of methoxy groups -OCH3 is 1. The first-order valence-electron chi connectivity index (χ1n) is 5.14. The summed E-state index contributed by atoms with van der Waals surface area (Å²) in [5.41, 5.74) is 9.49. The number of hydrogen-bond acceptors (Lipinski definition) is 3. The van der Waals surface area contributed by atoms with Crippen molar-refractivity contribution in [2.24, 2.45) is 0 Å². The molecule has 2 N–H and O–H groups in total. The van der Waals surface area contributed by atoms with Crippen LogP contribution in [0.4, 0.5) is 5.00 Å². The maximum Gasteiger partial charge on any atom is 0.126 e. The molecule has 1 heterocycles. The van der Waals surface area contributed by atoms with E-state index in [1.165, 1.54) is 10.4 Å². The van der Waals surface area contributed by atoms with Crippen molar-refractivity contribution in [3.63, 3.8) is 0 Å². The molecule has 0 atom stereocenters. The third-order valence-electron chi connectivity index (χ3n) is 2.79. The first-order valence-corrected chi connectivity index (χ1v) is 5.95. The van der Waals surface area contributed by atoms with Gasteiger partial charge in [-0.15, -0.1) is 11.3 Å². The van der Waals surface area contributed by atoms with E-state index in [2.05, 4.69) is 13.8 Å². The standard InChI is InChI=1S/C13H15NOS/c1-8-9(2)16-13(14)12(8)10-6-4-5-7-11(10)15-3/h4-7H,14H2,1-3H3. The number of benzene rings is 1. The van der Waals surface area contributed by atoms with E-state index in [4.69, 9.17) is 10.5 Å². The van der Waals surface area contributed by atoms with Gasteiger partial charge in [0, 0.05) is 16.0 Å². The second-order valence-electron chi connectivity index (χ2n) is 3.72. The molecule has 0 radical (unpaired) electrons. The van der Waals surface area contributed by atoms with Crippen molar-refractivity contribution >= 4 is 16.3 Å². The second kappa shape index (κ2) is 4.18. The molecular weight excluding hydrogens is 218 g/mol. The largest absolute Gasteiger partial charge is 0.496 e. The molecule has 0 aliphatic rings. The minimum atomic E-state index is 0.861. The highest BCUT2D eigenvalue weighted by molar-refractivity contribution is 7.16. The number of nitrogens with two attached hydrogens (primary N) is 1. The lowest BCUT2D eigenvalue weighted by atomic mass is 10.0. The molecule has 1 aromatic carbocycles. The van der Waals surface area contributed by atoms with Gasteiger partial charge in [-0.1, -0.05) is 18.2 Å². The van der Waals surface area contributed by atoms with Gasteiger partial charge in [-0.25, -0.2) is 0 Å². The van der Waals surface area contributed by atoms with Crippen LogP contribution >= 0.6 is 11.3 Å². The number of thiophene rings is 1. The third kappa shape index (κ3) is 1.67. The molecule has 2 aromatic rings. The van der Waals surface area contributed by atoms with Crippen LogP contribution in [-0.2, 0) is 0 Å². The first kappa shape index (κ1) is 11.0. The first-order chi connectivity index (χ1) is 7.65. The van der Waals surface area contributed by atoms with Crippen LogP contribution in [0.5, 0.6) is 5.75 Å². The van der Waals surface area contributed by atoms with Crippen LogP contribution < -0.4 is 10.5 Å². The smallest absolute Gasteiger partial charge is 0.126 e. The molecule has 0 bridgehead atoms. The van der Waals surface area contributed by atoms with Crippen LogP contribution in [0.2, 0.25) is 0 Å². The molecule has 0 saturated heterocycles. The van der Waals surface area contributed by atoms with E-state index in [-0.39, 0.29) is 0 Å². The minimum Gasteiger partial charge on any atom is -0.496 e. The van der Waals surface area contributed by atoms with Crippen molar-refractivity contribution in [3.05, 3.63) is 34.7 Å². The Balaban J connectivity index is 2.67. The fourth-order valence-corrected chi connectivity index (χ4v) is 2.79. The normalized spacial score (nSPS) is 10.4. The maximum atomic E-state index is 6.06. The van der Waals surface area contributed by atoms with Gasteiger partial charge in [0.25, 0.3) is 0 Å². The number of rotatable bonds is 2. The lowest BCUT2D eigenvalue weighted by Crippen LogP contribution is -1.90. The number of nitrogen functional groups attached to an aromatic ring is 1. The highest BCUT2D eigenvalue weighted by Gasteiger charge is 2.15. The fraction of sp³-hybridized carbons (Fsp3) is 0.231. The molecular formula is C13H15NOS. The molecule has 16 heavy (non-hydrogen) atoms. The lowest BCUT2D eigenvalue weighted by Gasteiger charge is -2.08. The van der Waals surface area contributed by atoms with Crippen LogP contribution in [0.15, 0.2) is 24.3 Å². The van der Waals surface area contributed by atoms with Gasteiger partial charge in [-0.05, 0) is 25.5 Å². The maximum absolute atomic E-state index is 6.06. The molecule has 1 aromatic heterocycles. The predicted molar refractivity (Wildman–Crippen MR) is 70.2 cm³/mol. The van der Waals surface area contributed by atoms with Crippen molar-refractivity contribution < 1.29 is 4.74 Å². The van der Waals surface area contributed by atoms with E-state index in [0.29, 0.717) is 0 Å². The monoisotopic (exact) mass is 233 g/mol. The molecule has 0 unspecified atom stereocenters. The fourth-order valence-electron chi connectivity index (χ4n) is 1.84. The molecule has 2 rings (SSSR count). The Labute approximate surface area is 99.7 Å². The van der Waals surface area contributed by atoms with Gasteiger partial charge >= 0.3 is 0 Å². The summed E-state index contributed by atoms with van der Waals surface area (Å²) in [5, 5.41) is 0.861. The Morgan fingerprint density at radius 3 is 2.44 bits per heavy atom. The topological polar surface area (TPSA) is 35.2 Å². The van der Waals surface area contributed by atoms with E-state index < -0.39 is 0 Å². The summed E-state index contributed by atoms with van der Waals surface area (Å²) in [6.45, 7) is 4.19. The Bertz CT molecular complexity index is 517. The molecule has 0 amide bonds. The Morgan fingerprint density at radius 2 is 1.88 bits per heavy atom. The lowest BCUT2D eigenvalue weighted by molar-refractivity contribution is 0.416. The minimum absolute atomic E-state index is 0.861. The van der Waals surface area contributed by atoms with Gasteiger partial charge in [-0.2, -0.15) is 0 Å². The van der Waals surface area contributed by atoms with E-state index in [9.17, 15) is 0 Å². The zero-order chi connectivity index (χ0) is 11.7. The number of para-hydroxylation sites is 1. The Hall–Kier alpha value is -1.48. The molecule has 84 valence electrons. The molecule has 0 saturated carbocycles. The van der Waals surface area contributed by atoms with Crippen molar-refractivity contribution in [1.29, 1.82) is 0 Å². The van der Waals surface area contributed by atoms with Crippen LogP contribution in [-0.4, -0.2) is 7.11 Å². The summed E-state index contributed by atoms with van der Waals surface area (Å²) in [6.07, 6.45) is 0.